The molecule has 0 bridgehead atoms. The highest BCUT2D eigenvalue weighted by atomic mass is 35.5. The molecule has 1 heterocycles. The summed E-state index contributed by atoms with van der Waals surface area (Å²) in [6.45, 7) is 1.22. The number of hydrogen-bond donors (Lipinski definition) is 2. The summed E-state index contributed by atoms with van der Waals surface area (Å²) < 4.78 is 0. The molecule has 0 aliphatic carbocycles. The second-order valence-corrected chi connectivity index (χ2v) is 1.71. The van der Waals surface area contributed by atoms with E-state index >= 15 is 0 Å². The van der Waals surface area contributed by atoms with Gasteiger partial charge >= 0.3 is 0 Å². The van der Waals surface area contributed by atoms with Gasteiger partial charge in [0, 0.05) is 0 Å². The smallest absolute Gasteiger partial charge is 0.104 e. The number of rotatable bonds is 0. The first kappa shape index (κ1) is 7.17. The van der Waals surface area contributed by atoms with E-state index < -0.39 is 0 Å². The van der Waals surface area contributed by atoms with Crippen LogP contribution in [0.15, 0.2) is 0 Å². The number of nitrogens with two attached hydrogens (primary N) is 1. The minimum Gasteiger partial charge on any atom is -0.634 e. The zero-order valence-electron chi connectivity index (χ0n) is 3.89. The zero-order valence-corrected chi connectivity index (χ0v) is 4.70. The van der Waals surface area contributed by atoms with Gasteiger partial charge in [-0.25, -0.2) is 0 Å². The molecule has 0 aromatic heterocycles. The van der Waals surface area contributed by atoms with Gasteiger partial charge in [0.15, 0.2) is 0 Å². The van der Waals surface area contributed by atoms with Crippen LogP contribution in [0.1, 0.15) is 0 Å². The first-order valence-corrected chi connectivity index (χ1v) is 2.06. The lowest BCUT2D eigenvalue weighted by Crippen LogP contribution is -3.18. The van der Waals surface area contributed by atoms with E-state index in [-0.39, 0.29) is 18.4 Å². The maximum atomic E-state index is 10.0. The van der Waals surface area contributed by atoms with Crippen LogP contribution in [0, 0.1) is 5.21 Å². The van der Waals surface area contributed by atoms with E-state index in [2.05, 4.69) is 0 Å². The third-order valence-corrected chi connectivity index (χ3v) is 0.980. The minimum atomic E-state index is 0. The van der Waals surface area contributed by atoms with Crippen molar-refractivity contribution in [2.75, 3.05) is 13.1 Å². The maximum Gasteiger partial charge on any atom is 0.104 e. The molecule has 0 unspecified atom stereocenters. The van der Waals surface area contributed by atoms with Gasteiger partial charge in [-0.05, 0) is 0 Å². The summed E-state index contributed by atoms with van der Waals surface area (Å²) in [5.74, 6) is 0. The first-order valence-electron chi connectivity index (χ1n) is 2.06. The molecule has 0 saturated carbocycles. The topological polar surface area (TPSA) is 53.5 Å². The highest BCUT2D eigenvalue weighted by molar-refractivity contribution is 5.85. The van der Waals surface area contributed by atoms with Gasteiger partial charge in [0.1, 0.15) is 6.04 Å². The molecule has 1 rings (SSSR count). The summed E-state index contributed by atoms with van der Waals surface area (Å²) in [6.07, 6.45) is 0. The largest absolute Gasteiger partial charge is 0.634 e. The predicted molar refractivity (Wildman–Crippen MR) is 29.3 cm³/mol. The minimum absolute atomic E-state index is 0. The van der Waals surface area contributed by atoms with E-state index in [4.69, 9.17) is 5.73 Å². The van der Waals surface area contributed by atoms with Crippen LogP contribution >= 0.6 is 12.4 Å². The third kappa shape index (κ3) is 1.61. The highest BCUT2D eigenvalue weighted by Gasteiger charge is 2.19. The summed E-state index contributed by atoms with van der Waals surface area (Å²) in [6, 6.07) is 0.192. The fourth-order valence-electron chi connectivity index (χ4n) is 0.525. The summed E-state index contributed by atoms with van der Waals surface area (Å²) in [5.41, 5.74) is 5.25. The lowest BCUT2D eigenvalue weighted by atomic mass is 10.2. The second-order valence-electron chi connectivity index (χ2n) is 1.71. The molecule has 3 N–H and O–H groups in total. The van der Waals surface area contributed by atoms with Crippen LogP contribution in [-0.2, 0) is 0 Å². The Hall–Kier alpha value is 0.170. The summed E-state index contributed by atoms with van der Waals surface area (Å²) in [7, 11) is 0. The quantitative estimate of drug-likeness (QED) is 0.372. The van der Waals surface area contributed by atoms with E-state index in [0.717, 1.165) is 0 Å². The van der Waals surface area contributed by atoms with Crippen molar-refractivity contribution in [2.45, 2.75) is 6.04 Å². The average molecular weight is 125 g/mol. The first-order chi connectivity index (χ1) is 2.79. The Morgan fingerprint density at radius 3 is 2.00 bits per heavy atom. The predicted octanol–water partition coefficient (Wildman–Crippen LogP) is -1.87. The van der Waals surface area contributed by atoms with Gasteiger partial charge in [-0.3, -0.25) is 0 Å². The SMILES string of the molecule is Cl.NC1C[NH+]([O-])C1. The maximum absolute atomic E-state index is 10.0. The number of hydroxylamine groups is 2. The molecule has 0 atom stereocenters. The van der Waals surface area contributed by atoms with Crippen molar-refractivity contribution in [3.8, 4) is 0 Å². The van der Waals surface area contributed by atoms with E-state index in [1.165, 1.54) is 0 Å². The molecule has 4 heteroatoms. The van der Waals surface area contributed by atoms with Crippen molar-refractivity contribution in [1.82, 2.24) is 0 Å². The van der Waals surface area contributed by atoms with Gasteiger partial charge in [-0.15, -0.1) is 12.4 Å². The Bertz CT molecular complexity index is 48.9. The van der Waals surface area contributed by atoms with Gasteiger partial charge in [-0.1, -0.05) is 0 Å². The lowest BCUT2D eigenvalue weighted by Gasteiger charge is -2.35. The Labute approximate surface area is 48.5 Å². The standard InChI is InChI=1S/C3H8N2O.ClH/c4-3-1-5(6)2-3;/h3,5H,1-2,4H2;1H. The molecule has 0 amide bonds. The molecule has 1 saturated heterocycles. The van der Waals surface area contributed by atoms with Crippen molar-refractivity contribution < 1.29 is 5.06 Å². The molecule has 1 fully saturated rings. The molecule has 1 aliphatic rings. The molecular formula is C3H9ClN2O. The van der Waals surface area contributed by atoms with Crippen LogP contribution in [-0.4, -0.2) is 19.1 Å². The molecule has 0 aromatic rings. The fourth-order valence-corrected chi connectivity index (χ4v) is 0.525. The van der Waals surface area contributed by atoms with Crippen LogP contribution < -0.4 is 10.8 Å². The Morgan fingerprint density at radius 1 is 1.57 bits per heavy atom. The summed E-state index contributed by atoms with van der Waals surface area (Å²) >= 11 is 0. The van der Waals surface area contributed by atoms with Gasteiger partial charge < -0.3 is 16.0 Å². The molecule has 0 radical (unpaired) electrons. The van der Waals surface area contributed by atoms with Crippen LogP contribution in [0.25, 0.3) is 0 Å². The monoisotopic (exact) mass is 124 g/mol. The van der Waals surface area contributed by atoms with Crippen LogP contribution in [0.4, 0.5) is 0 Å². The molecule has 0 aromatic carbocycles. The molecule has 44 valence electrons. The Morgan fingerprint density at radius 2 is 2.00 bits per heavy atom. The Balaban J connectivity index is 0.000000360. The second kappa shape index (κ2) is 2.47. The average Bonchev–Trinajstić information content (AvgIpc) is 1.33. The van der Waals surface area contributed by atoms with Gasteiger partial charge in [-0.2, -0.15) is 0 Å². The van der Waals surface area contributed by atoms with E-state index in [1.807, 2.05) is 0 Å². The van der Waals surface area contributed by atoms with Crippen molar-refractivity contribution in [3.05, 3.63) is 5.21 Å². The lowest BCUT2D eigenvalue weighted by molar-refractivity contribution is -0.892. The fraction of sp³-hybridized carbons (Fsp3) is 1.00. The summed E-state index contributed by atoms with van der Waals surface area (Å²) in [5, 5.41) is 10.3. The third-order valence-electron chi connectivity index (χ3n) is 0.980. The van der Waals surface area contributed by atoms with E-state index in [0.29, 0.717) is 18.2 Å². The van der Waals surface area contributed by atoms with Gasteiger partial charge in [0.05, 0.1) is 13.1 Å². The number of hydrogen-bond acceptors (Lipinski definition) is 2. The zero-order chi connectivity index (χ0) is 4.57. The number of halogens is 1. The van der Waals surface area contributed by atoms with Crippen molar-refractivity contribution in [1.29, 1.82) is 0 Å². The Kier molecular flexibility index (Phi) is 2.53. The highest BCUT2D eigenvalue weighted by Crippen LogP contribution is 1.73. The van der Waals surface area contributed by atoms with Crippen molar-refractivity contribution in [3.63, 3.8) is 0 Å². The molecule has 1 aliphatic heterocycles. The normalized spacial score (nSPS) is 38.6. The number of quaternary nitrogens is 1. The van der Waals surface area contributed by atoms with Crippen LogP contribution in [0.5, 0.6) is 0 Å². The van der Waals surface area contributed by atoms with E-state index in [9.17, 15) is 5.21 Å². The molecular weight excluding hydrogens is 115 g/mol. The van der Waals surface area contributed by atoms with Gasteiger partial charge in [0.25, 0.3) is 0 Å². The van der Waals surface area contributed by atoms with Crippen molar-refractivity contribution >= 4 is 12.4 Å². The summed E-state index contributed by atoms with van der Waals surface area (Å²) in [4.78, 5) is 0. The molecule has 7 heavy (non-hydrogen) atoms. The molecule has 3 nitrogen and oxygen atoms in total. The number of nitrogens with one attached hydrogen (secondary N) is 1. The molecule has 0 spiro atoms. The van der Waals surface area contributed by atoms with Crippen LogP contribution in [0.3, 0.4) is 0 Å². The van der Waals surface area contributed by atoms with Crippen LogP contribution in [0.2, 0.25) is 0 Å². The van der Waals surface area contributed by atoms with Gasteiger partial charge in [0.2, 0.25) is 0 Å². The van der Waals surface area contributed by atoms with Crippen molar-refractivity contribution in [2.24, 2.45) is 5.73 Å². The van der Waals surface area contributed by atoms with E-state index in [1.54, 1.807) is 0 Å².